The van der Waals surface area contributed by atoms with Gasteiger partial charge >= 0.3 is 0 Å². The van der Waals surface area contributed by atoms with Gasteiger partial charge in [0.2, 0.25) is 0 Å². The molecule has 0 spiro atoms. The van der Waals surface area contributed by atoms with Gasteiger partial charge in [-0.3, -0.25) is 0 Å². The summed E-state index contributed by atoms with van der Waals surface area (Å²) < 4.78 is 23.6. The van der Waals surface area contributed by atoms with Gasteiger partial charge in [0, 0.05) is 13.2 Å². The Morgan fingerprint density at radius 2 is 2.06 bits per heavy atom. The Labute approximate surface area is 103 Å². The van der Waals surface area contributed by atoms with Crippen molar-refractivity contribution in [2.45, 2.75) is 26.7 Å². The average molecular weight is 240 g/mol. The zero-order valence-electron chi connectivity index (χ0n) is 10.8. The van der Waals surface area contributed by atoms with Gasteiger partial charge in [-0.25, -0.2) is 4.39 Å². The highest BCUT2D eigenvalue weighted by Gasteiger charge is 2.09. The van der Waals surface area contributed by atoms with E-state index in [9.17, 15) is 4.39 Å². The van der Waals surface area contributed by atoms with Crippen LogP contribution in [0.5, 0.6) is 5.75 Å². The minimum Gasteiger partial charge on any atom is -0.491 e. The second kappa shape index (κ2) is 7.28. The predicted molar refractivity (Wildman–Crippen MR) is 66.9 cm³/mol. The number of hydrogen-bond donors (Lipinski definition) is 0. The number of methoxy groups -OCH3 is 1. The van der Waals surface area contributed by atoms with E-state index in [4.69, 9.17) is 9.47 Å². The van der Waals surface area contributed by atoms with E-state index >= 15 is 0 Å². The minimum absolute atomic E-state index is 0.259. The van der Waals surface area contributed by atoms with Gasteiger partial charge in [0.15, 0.2) is 0 Å². The molecule has 0 radical (unpaired) electrons. The molecule has 0 saturated heterocycles. The van der Waals surface area contributed by atoms with Gasteiger partial charge in [0.05, 0.1) is 6.61 Å². The van der Waals surface area contributed by atoms with Crippen LogP contribution in [0.3, 0.4) is 0 Å². The summed E-state index contributed by atoms with van der Waals surface area (Å²) in [4.78, 5) is 0. The van der Waals surface area contributed by atoms with Crippen molar-refractivity contribution in [2.24, 2.45) is 5.92 Å². The lowest BCUT2D eigenvalue weighted by molar-refractivity contribution is 0.145. The highest BCUT2D eigenvalue weighted by Crippen LogP contribution is 2.23. The molecule has 0 bridgehead atoms. The molecule has 0 N–H and O–H groups in total. The van der Waals surface area contributed by atoms with Gasteiger partial charge in [-0.15, -0.1) is 0 Å². The normalized spacial score (nSPS) is 12.5. The summed E-state index contributed by atoms with van der Waals surface area (Å²) in [6, 6.07) is 4.75. The molecule has 0 aliphatic rings. The van der Waals surface area contributed by atoms with E-state index in [1.165, 1.54) is 12.1 Å². The van der Waals surface area contributed by atoms with E-state index in [1.807, 2.05) is 6.07 Å². The van der Waals surface area contributed by atoms with Crippen LogP contribution < -0.4 is 4.74 Å². The summed E-state index contributed by atoms with van der Waals surface area (Å²) in [5.41, 5.74) is 1.07. The molecule has 0 saturated carbocycles. The van der Waals surface area contributed by atoms with Gasteiger partial charge in [-0.1, -0.05) is 26.3 Å². The first kappa shape index (κ1) is 14.0. The molecule has 2 nitrogen and oxygen atoms in total. The van der Waals surface area contributed by atoms with Crippen molar-refractivity contribution in [3.63, 3.8) is 0 Å². The van der Waals surface area contributed by atoms with Crippen molar-refractivity contribution in [2.75, 3.05) is 20.3 Å². The molecule has 1 rings (SSSR count). The molecule has 17 heavy (non-hydrogen) atoms. The van der Waals surface area contributed by atoms with Crippen LogP contribution in [0, 0.1) is 11.7 Å². The topological polar surface area (TPSA) is 18.5 Å². The van der Waals surface area contributed by atoms with Gasteiger partial charge in [-0.05, 0) is 24.0 Å². The van der Waals surface area contributed by atoms with Crippen LogP contribution in [0.15, 0.2) is 18.2 Å². The molecule has 0 heterocycles. The van der Waals surface area contributed by atoms with Crippen LogP contribution in [0.1, 0.15) is 25.8 Å². The lowest BCUT2D eigenvalue weighted by atomic mass is 9.98. The largest absolute Gasteiger partial charge is 0.491 e. The maximum absolute atomic E-state index is 13.2. The summed E-state index contributed by atoms with van der Waals surface area (Å²) in [5.74, 6) is 0.956. The third kappa shape index (κ3) is 4.73. The predicted octanol–water partition coefficient (Wildman–Crippen LogP) is 3.44. The molecule has 1 aromatic rings. The molecule has 3 heteroatoms. The van der Waals surface area contributed by atoms with Crippen LogP contribution in [0.25, 0.3) is 0 Å². The quantitative estimate of drug-likeness (QED) is 0.680. The van der Waals surface area contributed by atoms with Gasteiger partial charge < -0.3 is 9.47 Å². The van der Waals surface area contributed by atoms with Crippen LogP contribution in [-0.4, -0.2) is 20.3 Å². The third-order valence-electron chi connectivity index (χ3n) is 2.84. The number of halogens is 1. The second-order valence-corrected chi connectivity index (χ2v) is 4.31. The number of rotatable bonds is 7. The van der Waals surface area contributed by atoms with Crippen molar-refractivity contribution in [1.29, 1.82) is 0 Å². The van der Waals surface area contributed by atoms with E-state index in [0.29, 0.717) is 24.9 Å². The molecule has 0 fully saturated rings. The summed E-state index contributed by atoms with van der Waals surface area (Å²) in [7, 11) is 1.62. The first-order chi connectivity index (χ1) is 8.17. The lowest BCUT2D eigenvalue weighted by Crippen LogP contribution is -2.07. The summed E-state index contributed by atoms with van der Waals surface area (Å²) in [5, 5.41) is 0. The highest BCUT2D eigenvalue weighted by molar-refractivity contribution is 5.34. The zero-order valence-corrected chi connectivity index (χ0v) is 10.8. The average Bonchev–Trinajstić information content (AvgIpc) is 2.32. The van der Waals surface area contributed by atoms with Crippen LogP contribution >= 0.6 is 0 Å². The molecular formula is C14H21FO2. The molecule has 0 aromatic heterocycles. The molecular weight excluding hydrogens is 219 g/mol. The van der Waals surface area contributed by atoms with Gasteiger partial charge in [0.1, 0.15) is 18.2 Å². The van der Waals surface area contributed by atoms with E-state index < -0.39 is 0 Å². The Bertz CT molecular complexity index is 339. The van der Waals surface area contributed by atoms with Crippen molar-refractivity contribution in [1.82, 2.24) is 0 Å². The SMILES string of the molecule is CC[C@@H](C)Cc1ccc(F)cc1OCCOC. The Kier molecular flexibility index (Phi) is 5.98. The van der Waals surface area contributed by atoms with Crippen molar-refractivity contribution in [3.8, 4) is 5.75 Å². The molecule has 0 aliphatic heterocycles. The monoisotopic (exact) mass is 240 g/mol. The lowest BCUT2D eigenvalue weighted by Gasteiger charge is -2.14. The first-order valence-electron chi connectivity index (χ1n) is 6.07. The molecule has 1 atom stereocenters. The van der Waals surface area contributed by atoms with Gasteiger partial charge in [-0.2, -0.15) is 0 Å². The molecule has 0 unspecified atom stereocenters. The minimum atomic E-state index is -0.259. The summed E-state index contributed by atoms with van der Waals surface area (Å²) in [6.07, 6.45) is 2.02. The first-order valence-corrected chi connectivity index (χ1v) is 6.07. The Hall–Kier alpha value is -1.09. The standard InChI is InChI=1S/C14H21FO2/c1-4-11(2)9-12-5-6-13(15)10-14(12)17-8-7-16-3/h5-6,10-11H,4,7-9H2,1-3H3/t11-/m1/s1. The molecule has 0 amide bonds. The molecule has 1 aromatic carbocycles. The smallest absolute Gasteiger partial charge is 0.126 e. The van der Waals surface area contributed by atoms with E-state index in [-0.39, 0.29) is 5.82 Å². The van der Waals surface area contributed by atoms with Crippen LogP contribution in [0.4, 0.5) is 4.39 Å². The van der Waals surface area contributed by atoms with Crippen molar-refractivity contribution < 1.29 is 13.9 Å². The highest BCUT2D eigenvalue weighted by atomic mass is 19.1. The molecule has 96 valence electrons. The fourth-order valence-electron chi connectivity index (χ4n) is 1.59. The fourth-order valence-corrected chi connectivity index (χ4v) is 1.59. The molecule has 0 aliphatic carbocycles. The van der Waals surface area contributed by atoms with Crippen molar-refractivity contribution in [3.05, 3.63) is 29.6 Å². The maximum atomic E-state index is 13.2. The van der Waals surface area contributed by atoms with E-state index in [1.54, 1.807) is 7.11 Å². The number of hydrogen-bond acceptors (Lipinski definition) is 2. The van der Waals surface area contributed by atoms with E-state index in [0.717, 1.165) is 18.4 Å². The Balaban J connectivity index is 2.72. The number of benzene rings is 1. The summed E-state index contributed by atoms with van der Waals surface area (Å²) in [6.45, 7) is 5.30. The second-order valence-electron chi connectivity index (χ2n) is 4.31. The zero-order chi connectivity index (χ0) is 12.7. The summed E-state index contributed by atoms with van der Waals surface area (Å²) >= 11 is 0. The maximum Gasteiger partial charge on any atom is 0.126 e. The van der Waals surface area contributed by atoms with E-state index in [2.05, 4.69) is 13.8 Å². The van der Waals surface area contributed by atoms with Gasteiger partial charge in [0.25, 0.3) is 0 Å². The Morgan fingerprint density at radius 1 is 1.29 bits per heavy atom. The third-order valence-corrected chi connectivity index (χ3v) is 2.84. The Morgan fingerprint density at radius 3 is 2.71 bits per heavy atom. The van der Waals surface area contributed by atoms with Crippen molar-refractivity contribution >= 4 is 0 Å². The van der Waals surface area contributed by atoms with Crippen LogP contribution in [0.2, 0.25) is 0 Å². The van der Waals surface area contributed by atoms with Crippen LogP contribution in [-0.2, 0) is 11.2 Å². The number of ether oxygens (including phenoxy) is 2. The fraction of sp³-hybridized carbons (Fsp3) is 0.571.